The zero-order valence-corrected chi connectivity index (χ0v) is 16.0. The predicted octanol–water partition coefficient (Wildman–Crippen LogP) is -0.0184. The molecule has 0 aliphatic heterocycles. The summed E-state index contributed by atoms with van der Waals surface area (Å²) >= 11 is 0. The van der Waals surface area contributed by atoms with Crippen molar-refractivity contribution >= 4 is 17.3 Å². The number of rotatable bonds is 7. The maximum atomic E-state index is 4.18. The minimum Gasteiger partial charge on any atom is -1.00 e. The van der Waals surface area contributed by atoms with E-state index >= 15 is 0 Å². The Hall–Kier alpha value is -2.48. The van der Waals surface area contributed by atoms with E-state index in [0.717, 1.165) is 25.3 Å². The van der Waals surface area contributed by atoms with Gasteiger partial charge in [0.05, 0.1) is 19.3 Å². The Morgan fingerprint density at radius 2 is 2.04 bits per heavy atom. The summed E-state index contributed by atoms with van der Waals surface area (Å²) in [6.07, 6.45) is 9.61. The monoisotopic (exact) mass is 403 g/mol. The van der Waals surface area contributed by atoms with Crippen LogP contribution in [-0.2, 0) is 13.6 Å². The highest BCUT2D eigenvalue weighted by atomic mass is 79.9. The minimum atomic E-state index is 0. The number of hydrogen-bond donors (Lipinski definition) is 1. The van der Waals surface area contributed by atoms with Crippen molar-refractivity contribution in [2.75, 3.05) is 18.0 Å². The molecule has 0 spiro atoms. The number of anilines is 1. The van der Waals surface area contributed by atoms with Crippen molar-refractivity contribution in [1.29, 1.82) is 0 Å². The summed E-state index contributed by atoms with van der Waals surface area (Å²) in [4.78, 5) is 9.25. The molecule has 7 nitrogen and oxygen atoms in total. The quantitative estimate of drug-likeness (QED) is 0.445. The van der Waals surface area contributed by atoms with Gasteiger partial charge >= 0.3 is 0 Å². The molecule has 0 amide bonds. The van der Waals surface area contributed by atoms with Crippen molar-refractivity contribution in [3.8, 4) is 0 Å². The number of imidazole rings is 2. The number of aryl methyl sites for hydroxylation is 1. The van der Waals surface area contributed by atoms with Gasteiger partial charge in [0, 0.05) is 24.6 Å². The van der Waals surface area contributed by atoms with E-state index in [1.165, 1.54) is 5.69 Å². The topological polar surface area (TPSA) is 65.4 Å². The van der Waals surface area contributed by atoms with Crippen LogP contribution in [0, 0.1) is 0 Å². The molecule has 8 heteroatoms. The molecule has 25 heavy (non-hydrogen) atoms. The van der Waals surface area contributed by atoms with E-state index in [0.29, 0.717) is 5.95 Å². The zero-order chi connectivity index (χ0) is 16.8. The van der Waals surface area contributed by atoms with Gasteiger partial charge < -0.3 is 26.9 Å². The molecule has 2 heterocycles. The third kappa shape index (κ3) is 5.25. The lowest BCUT2D eigenvalue weighted by Crippen LogP contribution is -3.00. The molecule has 0 unspecified atom stereocenters. The highest BCUT2D eigenvalue weighted by Gasteiger charge is 2.07. The van der Waals surface area contributed by atoms with E-state index in [9.17, 15) is 0 Å². The number of aromatic amines is 1. The zero-order valence-electron chi connectivity index (χ0n) is 14.4. The normalized spacial score (nSPS) is 10.8. The van der Waals surface area contributed by atoms with Gasteiger partial charge in [-0.25, -0.2) is 14.1 Å². The predicted molar refractivity (Wildman–Crippen MR) is 92.7 cm³/mol. The van der Waals surface area contributed by atoms with Crippen LogP contribution >= 0.6 is 0 Å². The first kappa shape index (κ1) is 18.9. The second-order valence-corrected chi connectivity index (χ2v) is 5.53. The van der Waals surface area contributed by atoms with Gasteiger partial charge in [-0.05, 0) is 31.2 Å². The van der Waals surface area contributed by atoms with Gasteiger partial charge in [0.15, 0.2) is 0 Å². The number of nitrogens with zero attached hydrogens (tertiary/aromatic N) is 6. The summed E-state index contributed by atoms with van der Waals surface area (Å²) in [6.45, 7) is 5.04. The van der Waals surface area contributed by atoms with E-state index in [1.54, 1.807) is 12.4 Å². The maximum Gasteiger partial charge on any atom is 0.246 e. The Morgan fingerprint density at radius 3 is 2.64 bits per heavy atom. The molecule has 0 bridgehead atoms. The number of benzene rings is 1. The van der Waals surface area contributed by atoms with Crippen LogP contribution in [0.1, 0.15) is 6.92 Å². The third-order valence-electron chi connectivity index (χ3n) is 3.79. The molecule has 1 N–H and O–H groups in total. The SMILES string of the molecule is CCN(CCn1cc[n+](C)c1)c1ccc(N=Nc2ncc[nH]2)cc1.[Br-]. The van der Waals surface area contributed by atoms with Crippen LogP contribution in [0.4, 0.5) is 17.3 Å². The molecule has 0 atom stereocenters. The number of halogens is 1. The average Bonchev–Trinajstić information content (AvgIpc) is 3.26. The summed E-state index contributed by atoms with van der Waals surface area (Å²) in [5.74, 6) is 0.508. The van der Waals surface area contributed by atoms with E-state index in [1.807, 2.05) is 19.2 Å². The van der Waals surface area contributed by atoms with Crippen LogP contribution in [0.25, 0.3) is 0 Å². The number of H-pyrrole nitrogens is 1. The summed E-state index contributed by atoms with van der Waals surface area (Å²) in [6, 6.07) is 8.10. The third-order valence-corrected chi connectivity index (χ3v) is 3.79. The van der Waals surface area contributed by atoms with E-state index in [-0.39, 0.29) is 17.0 Å². The van der Waals surface area contributed by atoms with Crippen LogP contribution in [0.5, 0.6) is 0 Å². The lowest BCUT2D eigenvalue weighted by molar-refractivity contribution is -0.671. The Balaban J connectivity index is 0.00000225. The van der Waals surface area contributed by atoms with Crippen molar-refractivity contribution in [2.24, 2.45) is 17.3 Å². The molecular weight excluding hydrogens is 382 g/mol. The highest BCUT2D eigenvalue weighted by molar-refractivity contribution is 5.52. The minimum absolute atomic E-state index is 0. The molecule has 132 valence electrons. The van der Waals surface area contributed by atoms with Crippen molar-refractivity contribution < 1.29 is 21.5 Å². The molecular formula is C17H22BrN7. The van der Waals surface area contributed by atoms with Crippen molar-refractivity contribution in [3.63, 3.8) is 0 Å². The number of azo groups is 1. The Kier molecular flexibility index (Phi) is 6.88. The Morgan fingerprint density at radius 1 is 1.24 bits per heavy atom. The molecule has 1 aromatic carbocycles. The average molecular weight is 404 g/mol. The van der Waals surface area contributed by atoms with Crippen LogP contribution < -0.4 is 26.4 Å². The van der Waals surface area contributed by atoms with Crippen LogP contribution in [-0.4, -0.2) is 27.6 Å². The lowest BCUT2D eigenvalue weighted by atomic mass is 10.2. The number of nitrogens with one attached hydrogen (secondary N) is 1. The lowest BCUT2D eigenvalue weighted by Gasteiger charge is -2.22. The molecule has 0 aliphatic carbocycles. The van der Waals surface area contributed by atoms with Crippen molar-refractivity contribution in [1.82, 2.24) is 14.5 Å². The largest absolute Gasteiger partial charge is 1.00 e. The van der Waals surface area contributed by atoms with E-state index in [2.05, 4.69) is 72.0 Å². The van der Waals surface area contributed by atoms with Crippen LogP contribution in [0.2, 0.25) is 0 Å². The molecule has 0 aliphatic rings. The van der Waals surface area contributed by atoms with E-state index in [4.69, 9.17) is 0 Å². The summed E-state index contributed by atoms with van der Waals surface area (Å²) in [5.41, 5.74) is 2.00. The second-order valence-electron chi connectivity index (χ2n) is 5.53. The van der Waals surface area contributed by atoms with Crippen molar-refractivity contribution in [3.05, 3.63) is 55.4 Å². The Labute approximate surface area is 157 Å². The van der Waals surface area contributed by atoms with Gasteiger partial charge in [0.25, 0.3) is 0 Å². The summed E-state index contributed by atoms with van der Waals surface area (Å²) in [5, 5.41) is 8.23. The Bertz CT molecular complexity index is 778. The van der Waals surface area contributed by atoms with Crippen LogP contribution in [0.15, 0.2) is 65.6 Å². The van der Waals surface area contributed by atoms with Gasteiger partial charge in [-0.2, -0.15) is 0 Å². The summed E-state index contributed by atoms with van der Waals surface area (Å²) < 4.78 is 4.24. The van der Waals surface area contributed by atoms with Gasteiger partial charge in [0.2, 0.25) is 12.3 Å². The number of hydrogen-bond acceptors (Lipinski definition) is 4. The van der Waals surface area contributed by atoms with E-state index < -0.39 is 0 Å². The summed E-state index contributed by atoms with van der Waals surface area (Å²) in [7, 11) is 2.03. The van der Waals surface area contributed by atoms with Gasteiger partial charge in [0.1, 0.15) is 18.9 Å². The molecule has 2 aromatic heterocycles. The first-order valence-corrected chi connectivity index (χ1v) is 8.02. The fourth-order valence-electron chi connectivity index (χ4n) is 2.49. The standard InChI is InChI=1S/C17H22N7.BrH/c1-3-24(13-12-23-11-10-22(2)14-23)16-6-4-15(5-7-16)20-21-17-18-8-9-19-17;/h4-11,14H,3,12-13H2,1-2H3,(H,18,19);1H/q+1;/p-1. The highest BCUT2D eigenvalue weighted by Crippen LogP contribution is 2.21. The second kappa shape index (κ2) is 9.12. The fourth-order valence-corrected chi connectivity index (χ4v) is 2.49. The maximum absolute atomic E-state index is 4.18. The molecule has 0 saturated carbocycles. The smallest absolute Gasteiger partial charge is 0.246 e. The van der Waals surface area contributed by atoms with Gasteiger partial charge in [-0.1, -0.05) is 0 Å². The van der Waals surface area contributed by atoms with Gasteiger partial charge in [-0.15, -0.1) is 10.2 Å². The van der Waals surface area contributed by atoms with Gasteiger partial charge in [-0.3, -0.25) is 0 Å². The number of likely N-dealkylation sites (N-methyl/N-ethyl adjacent to an activating group) is 1. The molecule has 0 fully saturated rings. The molecule has 3 aromatic rings. The number of aromatic nitrogens is 4. The van der Waals surface area contributed by atoms with Crippen molar-refractivity contribution in [2.45, 2.75) is 13.5 Å². The first-order valence-electron chi connectivity index (χ1n) is 8.02. The molecule has 0 radical (unpaired) electrons. The molecule has 0 saturated heterocycles. The fraction of sp³-hybridized carbons (Fsp3) is 0.294. The first-order chi connectivity index (χ1) is 11.7. The van der Waals surface area contributed by atoms with Crippen LogP contribution in [0.3, 0.4) is 0 Å². The molecule has 3 rings (SSSR count).